The van der Waals surface area contributed by atoms with Crippen LogP contribution in [-0.4, -0.2) is 29.7 Å². The molecule has 1 aliphatic rings. The van der Waals surface area contributed by atoms with E-state index >= 15 is 0 Å². The van der Waals surface area contributed by atoms with Crippen LogP contribution in [-0.2, 0) is 14.3 Å². The maximum absolute atomic E-state index is 13.8. The monoisotopic (exact) mass is 419 g/mol. The van der Waals surface area contributed by atoms with Crippen molar-refractivity contribution in [3.05, 3.63) is 95.3 Å². The van der Waals surface area contributed by atoms with Gasteiger partial charge in [0.25, 0.3) is 0 Å². The van der Waals surface area contributed by atoms with Crippen LogP contribution in [0.1, 0.15) is 34.9 Å². The first kappa shape index (κ1) is 20.8. The Bertz CT molecular complexity index is 1080. The highest BCUT2D eigenvalue weighted by molar-refractivity contribution is 5.82. The third-order valence-electron chi connectivity index (χ3n) is 5.66. The summed E-state index contributed by atoms with van der Waals surface area (Å²) in [5.41, 5.74) is 10.7. The quantitative estimate of drug-likeness (QED) is 0.564. The summed E-state index contributed by atoms with van der Waals surface area (Å²) in [5, 5.41) is 9.13. The molecular weight excluding hydrogens is 397 g/mol. The Hall–Kier alpha value is -3.51. The minimum Gasteiger partial charge on any atom is -0.481 e. The van der Waals surface area contributed by atoms with E-state index in [1.807, 2.05) is 48.5 Å². The Morgan fingerprint density at radius 2 is 1.58 bits per heavy atom. The zero-order valence-electron chi connectivity index (χ0n) is 16.7. The molecule has 2 atom stereocenters. The second-order valence-corrected chi connectivity index (χ2v) is 7.65. The van der Waals surface area contributed by atoms with Gasteiger partial charge in [-0.2, -0.15) is 0 Å². The number of carbonyl (C=O) groups excluding carboxylic acids is 1. The van der Waals surface area contributed by atoms with Gasteiger partial charge in [-0.25, -0.2) is 4.39 Å². The Labute approximate surface area is 179 Å². The molecule has 158 valence electrons. The molecule has 4 rings (SSSR count). The Morgan fingerprint density at radius 1 is 0.968 bits per heavy atom. The van der Waals surface area contributed by atoms with E-state index in [1.165, 1.54) is 18.2 Å². The van der Waals surface area contributed by atoms with Crippen molar-refractivity contribution in [2.24, 2.45) is 5.73 Å². The highest BCUT2D eigenvalue weighted by atomic mass is 19.1. The molecule has 0 saturated heterocycles. The van der Waals surface area contributed by atoms with Gasteiger partial charge in [-0.1, -0.05) is 60.7 Å². The second kappa shape index (κ2) is 8.70. The van der Waals surface area contributed by atoms with E-state index in [4.69, 9.17) is 15.6 Å². The number of carboxylic acid groups (broad SMARTS) is 1. The predicted molar refractivity (Wildman–Crippen MR) is 114 cm³/mol. The van der Waals surface area contributed by atoms with E-state index in [-0.39, 0.29) is 12.5 Å². The lowest BCUT2D eigenvalue weighted by Gasteiger charge is -2.23. The van der Waals surface area contributed by atoms with E-state index in [0.29, 0.717) is 5.56 Å². The highest BCUT2D eigenvalue weighted by Crippen LogP contribution is 2.44. The van der Waals surface area contributed by atoms with E-state index in [0.717, 1.165) is 22.3 Å². The Morgan fingerprint density at radius 3 is 2.16 bits per heavy atom. The van der Waals surface area contributed by atoms with Crippen LogP contribution in [0.5, 0.6) is 0 Å². The summed E-state index contributed by atoms with van der Waals surface area (Å²) >= 11 is 0. The van der Waals surface area contributed by atoms with Crippen LogP contribution in [0.4, 0.5) is 4.39 Å². The number of carboxylic acids is 1. The van der Waals surface area contributed by atoms with Crippen molar-refractivity contribution in [1.82, 2.24) is 0 Å². The molecule has 0 radical (unpaired) electrons. The molecule has 0 saturated carbocycles. The zero-order valence-corrected chi connectivity index (χ0v) is 16.7. The number of carbonyl (C=O) groups is 2. The van der Waals surface area contributed by atoms with Crippen LogP contribution < -0.4 is 5.73 Å². The minimum absolute atomic E-state index is 0.0818. The molecule has 3 aromatic carbocycles. The number of nitrogens with two attached hydrogens (primary N) is 1. The summed E-state index contributed by atoms with van der Waals surface area (Å²) in [6.07, 6.45) is -0.439. The lowest BCUT2D eigenvalue weighted by molar-refractivity contribution is -0.146. The van der Waals surface area contributed by atoms with Gasteiger partial charge in [-0.15, -0.1) is 0 Å². The maximum atomic E-state index is 13.8. The number of rotatable bonds is 7. The van der Waals surface area contributed by atoms with E-state index in [1.54, 1.807) is 6.07 Å². The second-order valence-electron chi connectivity index (χ2n) is 7.65. The predicted octanol–water partition coefficient (Wildman–Crippen LogP) is 4.07. The topological polar surface area (TPSA) is 89.6 Å². The van der Waals surface area contributed by atoms with Crippen molar-refractivity contribution >= 4 is 11.9 Å². The number of hydrogen-bond donors (Lipinski definition) is 2. The number of hydrogen-bond acceptors (Lipinski definition) is 4. The normalized spacial score (nSPS) is 14.4. The number of aliphatic carboxylic acids is 1. The molecule has 1 aliphatic carbocycles. The molecule has 0 fully saturated rings. The lowest BCUT2D eigenvalue weighted by Crippen LogP contribution is -2.37. The van der Waals surface area contributed by atoms with Crippen molar-refractivity contribution in [3.8, 4) is 11.1 Å². The number of ether oxygens (including phenoxy) is 1. The Kier molecular flexibility index (Phi) is 5.82. The summed E-state index contributed by atoms with van der Waals surface area (Å²) in [6.45, 7) is 0.0818. The first-order valence-corrected chi connectivity index (χ1v) is 10.0. The summed E-state index contributed by atoms with van der Waals surface area (Å²) in [6, 6.07) is 20.3. The van der Waals surface area contributed by atoms with Gasteiger partial charge in [-0.05, 0) is 39.9 Å². The van der Waals surface area contributed by atoms with Crippen molar-refractivity contribution in [2.75, 3.05) is 6.61 Å². The standard InChI is InChI=1S/C25H22FNO4/c26-16-7-5-6-15(12-16)24(22(27)13-23(28)29)25(30)31-14-21-19-10-3-1-8-17(19)18-9-2-4-11-20(18)21/h1-12,21-22,24H,13-14,27H2,(H,28,29)/t22-,24+/m0/s1. The van der Waals surface area contributed by atoms with Gasteiger partial charge < -0.3 is 15.6 Å². The fourth-order valence-electron chi connectivity index (χ4n) is 4.27. The van der Waals surface area contributed by atoms with Crippen molar-refractivity contribution in [2.45, 2.75) is 24.3 Å². The van der Waals surface area contributed by atoms with Gasteiger partial charge in [0, 0.05) is 12.0 Å². The molecule has 3 aromatic rings. The molecule has 6 heteroatoms. The Balaban J connectivity index is 1.59. The number of fused-ring (bicyclic) bond motifs is 3. The molecule has 5 nitrogen and oxygen atoms in total. The van der Waals surface area contributed by atoms with Gasteiger partial charge in [-0.3, -0.25) is 9.59 Å². The van der Waals surface area contributed by atoms with Crippen LogP contribution >= 0.6 is 0 Å². The molecule has 0 unspecified atom stereocenters. The molecule has 31 heavy (non-hydrogen) atoms. The molecule has 0 heterocycles. The van der Waals surface area contributed by atoms with Gasteiger partial charge in [0.2, 0.25) is 0 Å². The fourth-order valence-corrected chi connectivity index (χ4v) is 4.27. The van der Waals surface area contributed by atoms with Crippen molar-refractivity contribution in [1.29, 1.82) is 0 Å². The molecule has 0 amide bonds. The molecule has 0 aliphatic heterocycles. The third kappa shape index (κ3) is 4.20. The van der Waals surface area contributed by atoms with Gasteiger partial charge in [0.15, 0.2) is 0 Å². The smallest absolute Gasteiger partial charge is 0.315 e. The van der Waals surface area contributed by atoms with Crippen LogP contribution in [0, 0.1) is 5.82 Å². The van der Waals surface area contributed by atoms with Crippen LogP contribution in [0.3, 0.4) is 0 Å². The number of esters is 1. The minimum atomic E-state index is -1.14. The average Bonchev–Trinajstić information content (AvgIpc) is 3.06. The van der Waals surface area contributed by atoms with Gasteiger partial charge in [0.05, 0.1) is 12.3 Å². The van der Waals surface area contributed by atoms with Gasteiger partial charge >= 0.3 is 11.9 Å². The molecular formula is C25H22FNO4. The zero-order chi connectivity index (χ0) is 22.0. The summed E-state index contributed by atoms with van der Waals surface area (Å²) in [5.74, 6) is -3.56. The highest BCUT2D eigenvalue weighted by Gasteiger charge is 2.33. The largest absolute Gasteiger partial charge is 0.481 e. The molecule has 3 N–H and O–H groups in total. The van der Waals surface area contributed by atoms with Crippen molar-refractivity contribution < 1.29 is 23.8 Å². The van der Waals surface area contributed by atoms with Crippen LogP contribution in [0.15, 0.2) is 72.8 Å². The van der Waals surface area contributed by atoms with Crippen LogP contribution in [0.25, 0.3) is 11.1 Å². The lowest BCUT2D eigenvalue weighted by atomic mass is 9.90. The SMILES string of the molecule is N[C@@H](CC(=O)O)[C@H](C(=O)OCC1c2ccccc2-c2ccccc21)c1cccc(F)c1. The molecule has 0 spiro atoms. The fraction of sp³-hybridized carbons (Fsp3) is 0.200. The van der Waals surface area contributed by atoms with Crippen LogP contribution in [0.2, 0.25) is 0 Å². The number of benzene rings is 3. The van der Waals surface area contributed by atoms with Crippen molar-refractivity contribution in [3.63, 3.8) is 0 Å². The first-order valence-electron chi connectivity index (χ1n) is 10.0. The molecule has 0 bridgehead atoms. The summed E-state index contributed by atoms with van der Waals surface area (Å²) in [7, 11) is 0. The summed E-state index contributed by atoms with van der Waals surface area (Å²) in [4.78, 5) is 24.2. The molecule has 0 aromatic heterocycles. The summed E-state index contributed by atoms with van der Waals surface area (Å²) < 4.78 is 19.4. The third-order valence-corrected chi connectivity index (χ3v) is 5.66. The van der Waals surface area contributed by atoms with E-state index in [9.17, 15) is 14.0 Å². The number of halogens is 1. The van der Waals surface area contributed by atoms with Gasteiger partial charge in [0.1, 0.15) is 12.4 Å². The van der Waals surface area contributed by atoms with E-state index < -0.39 is 36.1 Å². The first-order chi connectivity index (χ1) is 15.0. The average molecular weight is 419 g/mol. The maximum Gasteiger partial charge on any atom is 0.315 e. The van der Waals surface area contributed by atoms with E-state index in [2.05, 4.69) is 0 Å².